The second-order valence-corrected chi connectivity index (χ2v) is 8.41. The molecule has 24 heavy (non-hydrogen) atoms. The van der Waals surface area contributed by atoms with Gasteiger partial charge in [0.2, 0.25) is 15.9 Å². The first-order valence-corrected chi connectivity index (χ1v) is 9.64. The third kappa shape index (κ3) is 4.06. The number of carbonyl (C=O) groups excluding carboxylic acids is 1. The van der Waals surface area contributed by atoms with Crippen molar-refractivity contribution in [3.63, 3.8) is 0 Å². The molecule has 1 aromatic rings. The lowest BCUT2D eigenvalue weighted by atomic mass is 10.3. The van der Waals surface area contributed by atoms with Gasteiger partial charge in [-0.05, 0) is 25.0 Å². The van der Waals surface area contributed by atoms with E-state index < -0.39 is 10.0 Å². The number of anilines is 1. The number of nitrogens with one attached hydrogen (secondary N) is 1. The summed E-state index contributed by atoms with van der Waals surface area (Å²) in [6.45, 7) is 2.35. The van der Waals surface area contributed by atoms with E-state index in [2.05, 4.69) is 5.32 Å². The SMILES string of the molecule is COc1cccc(NC(=O)CN2CCN(S(=O)(=O)C3CC3)CC2)c1. The summed E-state index contributed by atoms with van der Waals surface area (Å²) in [5.74, 6) is 0.577. The van der Waals surface area contributed by atoms with E-state index in [1.807, 2.05) is 17.0 Å². The van der Waals surface area contributed by atoms with Gasteiger partial charge in [0.1, 0.15) is 5.75 Å². The van der Waals surface area contributed by atoms with Crippen molar-refractivity contribution in [1.82, 2.24) is 9.21 Å². The molecule has 0 bridgehead atoms. The summed E-state index contributed by atoms with van der Waals surface area (Å²) in [4.78, 5) is 14.1. The number of carbonyl (C=O) groups is 1. The number of sulfonamides is 1. The minimum absolute atomic E-state index is 0.109. The third-order valence-corrected chi connectivity index (χ3v) is 6.76. The molecule has 1 N–H and O–H groups in total. The Balaban J connectivity index is 1.48. The number of hydrogen-bond donors (Lipinski definition) is 1. The maximum Gasteiger partial charge on any atom is 0.238 e. The van der Waals surface area contributed by atoms with Crippen LogP contribution in [0.5, 0.6) is 5.75 Å². The van der Waals surface area contributed by atoms with Crippen molar-refractivity contribution >= 4 is 21.6 Å². The zero-order valence-electron chi connectivity index (χ0n) is 13.8. The highest BCUT2D eigenvalue weighted by Crippen LogP contribution is 2.31. The molecule has 1 aromatic carbocycles. The van der Waals surface area contributed by atoms with Crippen LogP contribution >= 0.6 is 0 Å². The maximum absolute atomic E-state index is 12.2. The Morgan fingerprint density at radius 2 is 1.96 bits per heavy atom. The Labute approximate surface area is 142 Å². The molecule has 0 radical (unpaired) electrons. The van der Waals surface area contributed by atoms with Crippen molar-refractivity contribution in [2.45, 2.75) is 18.1 Å². The zero-order chi connectivity index (χ0) is 17.2. The molecule has 1 aliphatic carbocycles. The Kier molecular flexibility index (Phi) is 5.07. The minimum atomic E-state index is -3.10. The van der Waals surface area contributed by atoms with Crippen LogP contribution in [0.2, 0.25) is 0 Å². The average molecular weight is 353 g/mol. The Morgan fingerprint density at radius 3 is 2.58 bits per heavy atom. The summed E-state index contributed by atoms with van der Waals surface area (Å²) in [7, 11) is -1.53. The van der Waals surface area contributed by atoms with E-state index in [0.717, 1.165) is 12.8 Å². The zero-order valence-corrected chi connectivity index (χ0v) is 14.6. The summed E-state index contributed by atoms with van der Waals surface area (Å²) >= 11 is 0. The van der Waals surface area contributed by atoms with E-state index in [1.54, 1.807) is 23.5 Å². The summed E-state index contributed by atoms with van der Waals surface area (Å²) in [5, 5.41) is 2.67. The predicted molar refractivity (Wildman–Crippen MR) is 91.6 cm³/mol. The van der Waals surface area contributed by atoms with E-state index >= 15 is 0 Å². The molecule has 1 saturated heterocycles. The standard InChI is InChI=1S/C16H23N3O4S/c1-23-14-4-2-3-13(11-14)17-16(20)12-18-7-9-19(10-8-18)24(21,22)15-5-6-15/h2-4,11,15H,5-10,12H2,1H3,(H,17,20). The van der Waals surface area contributed by atoms with Gasteiger partial charge in [-0.2, -0.15) is 4.31 Å². The highest BCUT2D eigenvalue weighted by atomic mass is 32.2. The molecule has 0 unspecified atom stereocenters. The van der Waals surface area contributed by atoms with Crippen molar-refractivity contribution in [3.8, 4) is 5.75 Å². The third-order valence-electron chi connectivity index (χ3n) is 4.36. The number of nitrogens with zero attached hydrogens (tertiary/aromatic N) is 2. The molecular formula is C16H23N3O4S. The fourth-order valence-corrected chi connectivity index (χ4v) is 4.65. The summed E-state index contributed by atoms with van der Waals surface area (Å²) in [6.07, 6.45) is 1.57. The largest absolute Gasteiger partial charge is 0.497 e. The van der Waals surface area contributed by atoms with Crippen LogP contribution in [0.25, 0.3) is 0 Å². The minimum Gasteiger partial charge on any atom is -0.497 e. The van der Waals surface area contributed by atoms with Crippen LogP contribution in [0, 0.1) is 0 Å². The Bertz CT molecular complexity index is 695. The van der Waals surface area contributed by atoms with Crippen molar-refractivity contribution in [3.05, 3.63) is 24.3 Å². The van der Waals surface area contributed by atoms with Gasteiger partial charge in [-0.25, -0.2) is 8.42 Å². The molecule has 8 heteroatoms. The van der Waals surface area contributed by atoms with Crippen LogP contribution in [0.1, 0.15) is 12.8 Å². The van der Waals surface area contributed by atoms with E-state index in [0.29, 0.717) is 37.6 Å². The molecule has 1 heterocycles. The predicted octanol–water partition coefficient (Wildman–Crippen LogP) is 0.743. The van der Waals surface area contributed by atoms with Gasteiger partial charge >= 0.3 is 0 Å². The van der Waals surface area contributed by atoms with Gasteiger partial charge < -0.3 is 10.1 Å². The molecule has 3 rings (SSSR count). The molecule has 1 amide bonds. The van der Waals surface area contributed by atoms with E-state index in [9.17, 15) is 13.2 Å². The first kappa shape index (κ1) is 17.2. The Hall–Kier alpha value is -1.64. The lowest BCUT2D eigenvalue weighted by molar-refractivity contribution is -0.117. The average Bonchev–Trinajstić information content (AvgIpc) is 3.41. The molecule has 7 nitrogen and oxygen atoms in total. The van der Waals surface area contributed by atoms with Crippen LogP contribution in [-0.4, -0.2) is 68.6 Å². The number of amides is 1. The summed E-state index contributed by atoms with van der Waals surface area (Å²) in [5.41, 5.74) is 0.689. The van der Waals surface area contributed by atoms with Gasteiger partial charge in [-0.3, -0.25) is 9.69 Å². The summed E-state index contributed by atoms with van der Waals surface area (Å²) in [6, 6.07) is 7.20. The van der Waals surface area contributed by atoms with E-state index in [1.165, 1.54) is 0 Å². The highest BCUT2D eigenvalue weighted by Gasteiger charge is 2.40. The van der Waals surface area contributed by atoms with E-state index in [4.69, 9.17) is 4.74 Å². The quantitative estimate of drug-likeness (QED) is 0.816. The smallest absolute Gasteiger partial charge is 0.238 e. The van der Waals surface area contributed by atoms with Gasteiger partial charge in [-0.1, -0.05) is 6.07 Å². The lowest BCUT2D eigenvalue weighted by Crippen LogP contribution is -2.51. The number of methoxy groups -OCH3 is 1. The summed E-state index contributed by atoms with van der Waals surface area (Å²) < 4.78 is 31.1. The van der Waals surface area contributed by atoms with Crippen LogP contribution < -0.4 is 10.1 Å². The first-order chi connectivity index (χ1) is 11.5. The van der Waals surface area contributed by atoms with Gasteiger partial charge in [-0.15, -0.1) is 0 Å². The second kappa shape index (κ2) is 7.08. The molecule has 1 aliphatic heterocycles. The molecular weight excluding hydrogens is 330 g/mol. The van der Waals surface area contributed by atoms with E-state index in [-0.39, 0.29) is 17.7 Å². The number of hydrogen-bond acceptors (Lipinski definition) is 5. The lowest BCUT2D eigenvalue weighted by Gasteiger charge is -2.33. The Morgan fingerprint density at radius 1 is 1.25 bits per heavy atom. The molecule has 132 valence electrons. The van der Waals surface area contributed by atoms with Gasteiger partial charge in [0.25, 0.3) is 0 Å². The number of ether oxygens (including phenoxy) is 1. The molecule has 0 atom stereocenters. The van der Waals surface area contributed by atoms with Crippen molar-refractivity contribution in [1.29, 1.82) is 0 Å². The van der Waals surface area contributed by atoms with Crippen molar-refractivity contribution in [2.24, 2.45) is 0 Å². The first-order valence-electron chi connectivity index (χ1n) is 8.14. The van der Waals surface area contributed by atoms with Crippen LogP contribution in [0.4, 0.5) is 5.69 Å². The van der Waals surface area contributed by atoms with Gasteiger partial charge in [0, 0.05) is 37.9 Å². The van der Waals surface area contributed by atoms with Crippen molar-refractivity contribution in [2.75, 3.05) is 45.2 Å². The molecule has 1 saturated carbocycles. The molecule has 2 aliphatic rings. The number of benzene rings is 1. The normalized spacial score (nSPS) is 19.9. The fourth-order valence-electron chi connectivity index (χ4n) is 2.82. The van der Waals surface area contributed by atoms with Crippen molar-refractivity contribution < 1.29 is 17.9 Å². The monoisotopic (exact) mass is 353 g/mol. The topological polar surface area (TPSA) is 79.0 Å². The maximum atomic E-state index is 12.2. The van der Waals surface area contributed by atoms with Crippen LogP contribution in [0.3, 0.4) is 0 Å². The fraction of sp³-hybridized carbons (Fsp3) is 0.562. The molecule has 0 spiro atoms. The van der Waals surface area contributed by atoms with Gasteiger partial charge in [0.15, 0.2) is 0 Å². The molecule has 0 aromatic heterocycles. The second-order valence-electron chi connectivity index (χ2n) is 6.20. The number of rotatable bonds is 6. The highest BCUT2D eigenvalue weighted by molar-refractivity contribution is 7.90. The van der Waals surface area contributed by atoms with Gasteiger partial charge in [0.05, 0.1) is 18.9 Å². The van der Waals surface area contributed by atoms with Crippen LogP contribution in [-0.2, 0) is 14.8 Å². The number of piperazine rings is 1. The molecule has 2 fully saturated rings. The van der Waals surface area contributed by atoms with Crippen LogP contribution in [0.15, 0.2) is 24.3 Å².